The van der Waals surface area contributed by atoms with Crippen LogP contribution in [-0.4, -0.2) is 41.5 Å². The standard InChI is InChI=1S/C28H33N7O3/c1-16-11-13-18(14-12-16)15-35-21-23(29-17(2)19-9-6-10-19)30-25(27-33-34-28(37)38-27)31-24(21)32-26(35)22(36)20-7-4-3-5-8-20/h3-5,7-8,16-19H,6,9-15H2,1-2H3,(H,34,37)(H,29,30,31). The minimum Gasteiger partial charge on any atom is -0.384 e. The van der Waals surface area contributed by atoms with E-state index in [9.17, 15) is 9.59 Å². The van der Waals surface area contributed by atoms with E-state index >= 15 is 0 Å². The quantitative estimate of drug-likeness (QED) is 0.319. The largest absolute Gasteiger partial charge is 0.434 e. The summed E-state index contributed by atoms with van der Waals surface area (Å²) in [5, 5.41) is 9.80. The van der Waals surface area contributed by atoms with Crippen LogP contribution in [0.4, 0.5) is 5.82 Å². The average Bonchev–Trinajstić information content (AvgIpc) is 3.48. The number of carbonyl (C=O) groups is 1. The van der Waals surface area contributed by atoms with Gasteiger partial charge in [0.2, 0.25) is 11.6 Å². The first kappa shape index (κ1) is 24.5. The van der Waals surface area contributed by atoms with Crippen molar-refractivity contribution < 1.29 is 9.21 Å². The highest BCUT2D eigenvalue weighted by molar-refractivity contribution is 6.08. The number of carbonyl (C=O) groups excluding carboxylic acids is 1. The monoisotopic (exact) mass is 515 g/mol. The fourth-order valence-electron chi connectivity index (χ4n) is 5.67. The lowest BCUT2D eigenvalue weighted by molar-refractivity contribution is 0.102. The Hall–Kier alpha value is -3.82. The summed E-state index contributed by atoms with van der Waals surface area (Å²) in [5.74, 6) is 1.94. The minimum atomic E-state index is -0.682. The maximum Gasteiger partial charge on any atom is 0.434 e. The number of fused-ring (bicyclic) bond motifs is 1. The van der Waals surface area contributed by atoms with E-state index in [0.29, 0.717) is 46.8 Å². The lowest BCUT2D eigenvalue weighted by Gasteiger charge is -2.32. The molecule has 2 saturated carbocycles. The molecule has 2 aliphatic rings. The van der Waals surface area contributed by atoms with Crippen molar-refractivity contribution in [2.24, 2.45) is 17.8 Å². The first-order chi connectivity index (χ1) is 18.5. The van der Waals surface area contributed by atoms with Crippen LogP contribution in [0.15, 0.2) is 39.5 Å². The van der Waals surface area contributed by atoms with Crippen LogP contribution in [0.3, 0.4) is 0 Å². The number of nitrogens with zero attached hydrogens (tertiary/aromatic N) is 5. The molecule has 0 bridgehead atoms. The topological polar surface area (TPSA) is 132 Å². The summed E-state index contributed by atoms with van der Waals surface area (Å²) in [6.07, 6.45) is 8.15. The summed E-state index contributed by atoms with van der Waals surface area (Å²) >= 11 is 0. The van der Waals surface area contributed by atoms with Crippen LogP contribution in [0.5, 0.6) is 0 Å². The van der Waals surface area contributed by atoms with Gasteiger partial charge in [-0.1, -0.05) is 56.5 Å². The van der Waals surface area contributed by atoms with Crippen LogP contribution >= 0.6 is 0 Å². The van der Waals surface area contributed by atoms with Gasteiger partial charge in [-0.25, -0.2) is 24.8 Å². The lowest BCUT2D eigenvalue weighted by atomic mass is 9.80. The van der Waals surface area contributed by atoms with Gasteiger partial charge < -0.3 is 14.3 Å². The highest BCUT2D eigenvalue weighted by Crippen LogP contribution is 2.35. The van der Waals surface area contributed by atoms with Crippen molar-refractivity contribution in [3.63, 3.8) is 0 Å². The second kappa shape index (κ2) is 10.2. The molecule has 0 aliphatic heterocycles. The van der Waals surface area contributed by atoms with Gasteiger partial charge in [0.05, 0.1) is 0 Å². The van der Waals surface area contributed by atoms with E-state index in [-0.39, 0.29) is 23.5 Å². The molecule has 198 valence electrons. The van der Waals surface area contributed by atoms with Gasteiger partial charge in [0.25, 0.3) is 5.89 Å². The zero-order valence-electron chi connectivity index (χ0n) is 21.8. The van der Waals surface area contributed by atoms with E-state index in [4.69, 9.17) is 14.4 Å². The van der Waals surface area contributed by atoms with E-state index in [1.165, 1.54) is 32.1 Å². The number of ketones is 1. The molecular weight excluding hydrogens is 482 g/mol. The summed E-state index contributed by atoms with van der Waals surface area (Å²) in [6.45, 7) is 5.13. The Bertz CT molecular complexity index is 1490. The van der Waals surface area contributed by atoms with Gasteiger partial charge in [0.15, 0.2) is 17.3 Å². The SMILES string of the molecule is CC1CCC(Cn2c(C(=O)c3ccccc3)nc3nc(-c4n[nH]c(=O)o4)nc(NC(C)C4CCC4)c32)CC1. The third-order valence-electron chi connectivity index (χ3n) is 8.27. The van der Waals surface area contributed by atoms with Gasteiger partial charge in [-0.15, -0.1) is 5.10 Å². The Kier molecular flexibility index (Phi) is 6.55. The van der Waals surface area contributed by atoms with Crippen molar-refractivity contribution in [2.45, 2.75) is 71.4 Å². The summed E-state index contributed by atoms with van der Waals surface area (Å²) in [7, 11) is 0. The van der Waals surface area contributed by atoms with Gasteiger partial charge >= 0.3 is 5.76 Å². The van der Waals surface area contributed by atoms with Gasteiger partial charge in [0.1, 0.15) is 5.52 Å². The number of anilines is 1. The maximum absolute atomic E-state index is 13.8. The molecule has 0 saturated heterocycles. The van der Waals surface area contributed by atoms with Crippen LogP contribution < -0.4 is 11.1 Å². The Morgan fingerprint density at radius 1 is 1.11 bits per heavy atom. The number of benzene rings is 1. The Balaban J connectivity index is 1.50. The molecule has 3 aromatic heterocycles. The summed E-state index contributed by atoms with van der Waals surface area (Å²) in [6, 6.07) is 9.39. The second-order valence-corrected chi connectivity index (χ2v) is 11.0. The van der Waals surface area contributed by atoms with Crippen LogP contribution in [0.2, 0.25) is 0 Å². The van der Waals surface area contributed by atoms with Crippen LogP contribution in [-0.2, 0) is 6.54 Å². The fraction of sp³-hybridized carbons (Fsp3) is 0.500. The average molecular weight is 516 g/mol. The van der Waals surface area contributed by atoms with Crippen LogP contribution in [0, 0.1) is 17.8 Å². The molecule has 2 aliphatic carbocycles. The molecule has 0 spiro atoms. The van der Waals surface area contributed by atoms with E-state index < -0.39 is 5.76 Å². The predicted octanol–water partition coefficient (Wildman–Crippen LogP) is 4.83. The van der Waals surface area contributed by atoms with Crippen molar-refractivity contribution in [1.29, 1.82) is 0 Å². The molecule has 1 unspecified atom stereocenters. The molecule has 2 N–H and O–H groups in total. The van der Waals surface area contributed by atoms with Crippen molar-refractivity contribution in [2.75, 3.05) is 5.32 Å². The molecule has 6 rings (SSSR count). The van der Waals surface area contributed by atoms with Crippen molar-refractivity contribution >= 4 is 22.8 Å². The highest BCUT2D eigenvalue weighted by Gasteiger charge is 2.30. The third kappa shape index (κ3) is 4.75. The molecule has 10 heteroatoms. The Morgan fingerprint density at radius 2 is 1.87 bits per heavy atom. The molecule has 4 aromatic rings. The summed E-state index contributed by atoms with van der Waals surface area (Å²) in [5.41, 5.74) is 1.66. The van der Waals surface area contributed by atoms with Gasteiger partial charge in [-0.05, 0) is 50.4 Å². The number of rotatable bonds is 8. The van der Waals surface area contributed by atoms with Crippen molar-refractivity contribution in [3.8, 4) is 11.7 Å². The molecule has 0 amide bonds. The molecule has 10 nitrogen and oxygen atoms in total. The summed E-state index contributed by atoms with van der Waals surface area (Å²) in [4.78, 5) is 39.6. The normalized spacial score (nSPS) is 20.8. The van der Waals surface area contributed by atoms with E-state index in [1.807, 2.05) is 34.9 Å². The Morgan fingerprint density at radius 3 is 2.53 bits per heavy atom. The third-order valence-corrected chi connectivity index (χ3v) is 8.27. The summed E-state index contributed by atoms with van der Waals surface area (Å²) < 4.78 is 7.19. The van der Waals surface area contributed by atoms with Gasteiger partial charge in [-0.2, -0.15) is 0 Å². The number of hydrogen-bond acceptors (Lipinski definition) is 8. The predicted molar refractivity (Wildman–Crippen MR) is 143 cm³/mol. The van der Waals surface area contributed by atoms with E-state index in [2.05, 4.69) is 34.3 Å². The molecule has 3 heterocycles. The number of imidazole rings is 1. The first-order valence-corrected chi connectivity index (χ1v) is 13.7. The zero-order valence-corrected chi connectivity index (χ0v) is 21.8. The highest BCUT2D eigenvalue weighted by atomic mass is 16.4. The van der Waals surface area contributed by atoms with Gasteiger partial charge in [-0.3, -0.25) is 4.79 Å². The fourth-order valence-corrected chi connectivity index (χ4v) is 5.67. The first-order valence-electron chi connectivity index (χ1n) is 13.7. The molecule has 38 heavy (non-hydrogen) atoms. The Labute approximate surface area is 220 Å². The van der Waals surface area contributed by atoms with Crippen LogP contribution in [0.25, 0.3) is 22.9 Å². The number of aromatic amines is 1. The molecule has 1 atom stereocenters. The van der Waals surface area contributed by atoms with Crippen molar-refractivity contribution in [1.82, 2.24) is 29.7 Å². The lowest BCUT2D eigenvalue weighted by Crippen LogP contribution is -2.31. The molecule has 0 radical (unpaired) electrons. The molecule has 1 aromatic carbocycles. The smallest absolute Gasteiger partial charge is 0.384 e. The number of hydrogen-bond donors (Lipinski definition) is 2. The van der Waals surface area contributed by atoms with Crippen LogP contribution in [0.1, 0.15) is 75.0 Å². The molecular formula is C28H33N7O3. The molecule has 2 fully saturated rings. The number of H-pyrrole nitrogens is 1. The minimum absolute atomic E-state index is 0.0111. The number of aromatic nitrogens is 6. The van der Waals surface area contributed by atoms with E-state index in [1.54, 1.807) is 0 Å². The van der Waals surface area contributed by atoms with Gasteiger partial charge in [0, 0.05) is 18.2 Å². The van der Waals surface area contributed by atoms with E-state index in [0.717, 1.165) is 18.8 Å². The maximum atomic E-state index is 13.8. The second-order valence-electron chi connectivity index (χ2n) is 11.0. The van der Waals surface area contributed by atoms with Crippen molar-refractivity contribution in [3.05, 3.63) is 52.3 Å². The zero-order chi connectivity index (χ0) is 26.2. The number of nitrogens with one attached hydrogen (secondary N) is 2.